The zero-order valence-corrected chi connectivity index (χ0v) is 21.9. The van der Waals surface area contributed by atoms with Gasteiger partial charge in [0.15, 0.2) is 0 Å². The minimum atomic E-state index is -3.50. The molecule has 0 radical (unpaired) electrons. The fraction of sp³-hybridized carbons (Fsp3) is 0.462. The van der Waals surface area contributed by atoms with Crippen molar-refractivity contribution in [1.82, 2.24) is 10.2 Å². The van der Waals surface area contributed by atoms with Gasteiger partial charge in [-0.25, -0.2) is 8.42 Å². The molecule has 35 heavy (non-hydrogen) atoms. The topological polar surface area (TPSA) is 96.0 Å². The second-order valence-electron chi connectivity index (χ2n) is 8.46. The lowest BCUT2D eigenvalue weighted by Gasteiger charge is -2.29. The molecule has 0 saturated carbocycles. The largest absolute Gasteiger partial charge is 0.497 e. The second-order valence-corrected chi connectivity index (χ2v) is 10.4. The Morgan fingerprint density at radius 3 is 2.26 bits per heavy atom. The second kappa shape index (κ2) is 13.7. The molecule has 0 heterocycles. The quantitative estimate of drug-likeness (QED) is 0.398. The Bertz CT molecular complexity index is 1040. The van der Waals surface area contributed by atoms with Gasteiger partial charge in [0, 0.05) is 26.1 Å². The Kier molecular flexibility index (Phi) is 11.0. The molecule has 0 fully saturated rings. The van der Waals surface area contributed by atoms with Gasteiger partial charge in [-0.3, -0.25) is 13.9 Å². The van der Waals surface area contributed by atoms with E-state index in [2.05, 4.69) is 5.32 Å². The van der Waals surface area contributed by atoms with Gasteiger partial charge in [-0.05, 0) is 49.6 Å². The lowest BCUT2D eigenvalue weighted by atomic mass is 10.1. The van der Waals surface area contributed by atoms with Gasteiger partial charge in [0.05, 0.1) is 19.1 Å². The molecule has 0 saturated heterocycles. The Balaban J connectivity index is 2.12. The van der Waals surface area contributed by atoms with Gasteiger partial charge in [-0.2, -0.15) is 0 Å². The van der Waals surface area contributed by atoms with Crippen molar-refractivity contribution >= 4 is 27.5 Å². The molecule has 1 atom stereocenters. The van der Waals surface area contributed by atoms with E-state index in [0.717, 1.165) is 24.7 Å². The van der Waals surface area contributed by atoms with Crippen molar-refractivity contribution in [3.8, 4) is 5.75 Å². The average molecular weight is 504 g/mol. The van der Waals surface area contributed by atoms with E-state index in [4.69, 9.17) is 4.74 Å². The normalized spacial score (nSPS) is 12.0. The minimum Gasteiger partial charge on any atom is -0.497 e. The summed E-state index contributed by atoms with van der Waals surface area (Å²) >= 11 is 0. The number of para-hydroxylation sites is 1. The molecule has 1 N–H and O–H groups in total. The summed E-state index contributed by atoms with van der Waals surface area (Å²) in [4.78, 5) is 27.6. The van der Waals surface area contributed by atoms with Crippen LogP contribution >= 0.6 is 0 Å². The molecular weight excluding hydrogens is 466 g/mol. The van der Waals surface area contributed by atoms with Crippen LogP contribution in [0.5, 0.6) is 5.75 Å². The van der Waals surface area contributed by atoms with Gasteiger partial charge in [-0.1, -0.05) is 43.7 Å². The first-order valence-corrected chi connectivity index (χ1v) is 13.7. The predicted molar refractivity (Wildman–Crippen MR) is 139 cm³/mol. The number of unbranched alkanes of at least 4 members (excludes halogenated alkanes) is 1. The lowest BCUT2D eigenvalue weighted by molar-refractivity contribution is -0.140. The van der Waals surface area contributed by atoms with Crippen LogP contribution in [0, 0.1) is 0 Å². The SMILES string of the molecule is CCCCNC(=O)C(C)N(Cc1ccc(OC)cc1)C(=O)CCCN(c1ccccc1)S(C)(=O)=O. The number of sulfonamides is 1. The molecule has 0 aliphatic rings. The molecular formula is C26H37N3O5S. The maximum Gasteiger partial charge on any atom is 0.242 e. The zero-order valence-electron chi connectivity index (χ0n) is 21.1. The van der Waals surface area contributed by atoms with Crippen molar-refractivity contribution in [2.45, 2.75) is 52.1 Å². The molecule has 0 bridgehead atoms. The number of nitrogens with zero attached hydrogens (tertiary/aromatic N) is 2. The summed E-state index contributed by atoms with van der Waals surface area (Å²) in [6, 6.07) is 15.5. The molecule has 0 aliphatic heterocycles. The van der Waals surface area contributed by atoms with Crippen molar-refractivity contribution in [3.63, 3.8) is 0 Å². The van der Waals surface area contributed by atoms with Crippen molar-refractivity contribution in [2.24, 2.45) is 0 Å². The van der Waals surface area contributed by atoms with Gasteiger partial charge in [0.2, 0.25) is 21.8 Å². The van der Waals surface area contributed by atoms with Crippen molar-refractivity contribution in [2.75, 3.05) is 30.8 Å². The van der Waals surface area contributed by atoms with Crippen LogP contribution in [0.15, 0.2) is 54.6 Å². The third kappa shape index (κ3) is 8.90. The number of nitrogens with one attached hydrogen (secondary N) is 1. The third-order valence-electron chi connectivity index (χ3n) is 5.71. The molecule has 2 aromatic rings. The molecule has 0 aromatic heterocycles. The highest BCUT2D eigenvalue weighted by atomic mass is 32.2. The predicted octanol–water partition coefficient (Wildman–Crippen LogP) is 3.58. The number of hydrogen-bond donors (Lipinski definition) is 1. The van der Waals surface area contributed by atoms with Gasteiger partial charge in [0.25, 0.3) is 0 Å². The number of benzene rings is 2. The Morgan fingerprint density at radius 1 is 1.03 bits per heavy atom. The highest BCUT2D eigenvalue weighted by Crippen LogP contribution is 2.19. The maximum absolute atomic E-state index is 13.3. The molecule has 0 aliphatic carbocycles. The van der Waals surface area contributed by atoms with E-state index in [1.54, 1.807) is 43.2 Å². The standard InChI is InChI=1S/C26H37N3O5S/c1-5-6-18-27-26(31)21(2)28(20-22-14-16-24(34-3)17-15-22)25(30)13-10-19-29(35(4,32)33)23-11-8-7-9-12-23/h7-9,11-12,14-17,21H,5-6,10,13,18-20H2,1-4H3,(H,27,31). The first-order valence-electron chi connectivity index (χ1n) is 11.9. The Morgan fingerprint density at radius 2 is 1.69 bits per heavy atom. The van der Waals surface area contributed by atoms with E-state index in [9.17, 15) is 18.0 Å². The molecule has 192 valence electrons. The van der Waals surface area contributed by atoms with Crippen molar-refractivity contribution in [1.29, 1.82) is 0 Å². The summed E-state index contributed by atoms with van der Waals surface area (Å²) in [5.41, 5.74) is 1.43. The molecule has 8 nitrogen and oxygen atoms in total. The van der Waals surface area contributed by atoms with Gasteiger partial charge in [0.1, 0.15) is 11.8 Å². The molecule has 0 spiro atoms. The molecule has 2 aromatic carbocycles. The summed E-state index contributed by atoms with van der Waals surface area (Å²) in [5.74, 6) is 0.293. The smallest absolute Gasteiger partial charge is 0.242 e. The van der Waals surface area contributed by atoms with E-state index in [1.807, 2.05) is 37.3 Å². The lowest BCUT2D eigenvalue weighted by Crippen LogP contribution is -2.47. The van der Waals surface area contributed by atoms with E-state index in [0.29, 0.717) is 24.4 Å². The Hall–Kier alpha value is -3.07. The van der Waals surface area contributed by atoms with E-state index < -0.39 is 16.1 Å². The number of ether oxygens (including phenoxy) is 1. The van der Waals surface area contributed by atoms with E-state index in [-0.39, 0.29) is 31.3 Å². The van der Waals surface area contributed by atoms with Crippen molar-refractivity contribution in [3.05, 3.63) is 60.2 Å². The van der Waals surface area contributed by atoms with Crippen LogP contribution in [0.1, 0.15) is 45.1 Å². The van der Waals surface area contributed by atoms with Crippen LogP contribution in [0.3, 0.4) is 0 Å². The monoisotopic (exact) mass is 503 g/mol. The average Bonchev–Trinajstić information content (AvgIpc) is 2.84. The minimum absolute atomic E-state index is 0.113. The molecule has 2 rings (SSSR count). The number of hydrogen-bond acceptors (Lipinski definition) is 5. The molecule has 9 heteroatoms. The maximum atomic E-state index is 13.3. The summed E-state index contributed by atoms with van der Waals surface area (Å²) in [5, 5.41) is 2.90. The fourth-order valence-corrected chi connectivity index (χ4v) is 4.61. The van der Waals surface area contributed by atoms with Crippen molar-refractivity contribution < 1.29 is 22.7 Å². The first kappa shape index (κ1) is 28.2. The van der Waals surface area contributed by atoms with E-state index >= 15 is 0 Å². The van der Waals surface area contributed by atoms with Crippen LogP contribution in [-0.2, 0) is 26.2 Å². The number of rotatable bonds is 14. The number of methoxy groups -OCH3 is 1. The summed E-state index contributed by atoms with van der Waals surface area (Å²) in [7, 11) is -1.92. The van der Waals surface area contributed by atoms with Crippen LogP contribution in [0.25, 0.3) is 0 Å². The first-order chi connectivity index (χ1) is 16.7. The van der Waals surface area contributed by atoms with Gasteiger partial charge in [-0.15, -0.1) is 0 Å². The highest BCUT2D eigenvalue weighted by molar-refractivity contribution is 7.92. The van der Waals surface area contributed by atoms with Gasteiger partial charge < -0.3 is 15.0 Å². The van der Waals surface area contributed by atoms with Crippen LogP contribution in [-0.4, -0.2) is 57.6 Å². The number of anilines is 1. The zero-order chi connectivity index (χ0) is 25.8. The fourth-order valence-electron chi connectivity index (χ4n) is 3.64. The number of amides is 2. The van der Waals surface area contributed by atoms with Crippen LogP contribution in [0.4, 0.5) is 5.69 Å². The highest BCUT2D eigenvalue weighted by Gasteiger charge is 2.26. The molecule has 1 unspecified atom stereocenters. The molecule has 2 amide bonds. The van der Waals surface area contributed by atoms with Crippen LogP contribution in [0.2, 0.25) is 0 Å². The summed E-state index contributed by atoms with van der Waals surface area (Å²) in [6.07, 6.45) is 3.42. The third-order valence-corrected chi connectivity index (χ3v) is 6.90. The van der Waals surface area contributed by atoms with Gasteiger partial charge >= 0.3 is 0 Å². The Labute approximate surface area is 209 Å². The van der Waals surface area contributed by atoms with Crippen LogP contribution < -0.4 is 14.4 Å². The number of carbonyl (C=O) groups excluding carboxylic acids is 2. The van der Waals surface area contributed by atoms with E-state index in [1.165, 1.54) is 4.31 Å². The summed E-state index contributed by atoms with van der Waals surface area (Å²) < 4.78 is 31.2. The summed E-state index contributed by atoms with van der Waals surface area (Å²) in [6.45, 7) is 4.76. The number of carbonyl (C=O) groups is 2.